The molecule has 5 heteroatoms. The van der Waals surface area contributed by atoms with Gasteiger partial charge in [-0.15, -0.1) is 0 Å². The van der Waals surface area contributed by atoms with Crippen LogP contribution >= 0.6 is 0 Å². The van der Waals surface area contributed by atoms with Gasteiger partial charge in [-0.05, 0) is 25.8 Å². The first-order valence-electron chi connectivity index (χ1n) is 6.33. The molecule has 1 fully saturated rings. The number of β-amino-alcohol motifs (C(OH)–C–C–N with tert-alkyl or cyclic N) is 1. The molecule has 5 nitrogen and oxygen atoms in total. The fourth-order valence-corrected chi connectivity index (χ4v) is 2.22. The summed E-state index contributed by atoms with van der Waals surface area (Å²) in [4.78, 5) is 13.7. The highest BCUT2D eigenvalue weighted by Crippen LogP contribution is 2.28. The molecule has 0 bridgehead atoms. The number of amides is 1. The number of carbonyl (C=O) groups is 1. The molecule has 0 spiro atoms. The first-order valence-corrected chi connectivity index (χ1v) is 6.33. The van der Waals surface area contributed by atoms with E-state index < -0.39 is 5.60 Å². The number of carbonyl (C=O) groups excluding carboxylic acids is 1. The number of nitrogens with zero attached hydrogens (tertiary/aromatic N) is 3. The maximum atomic E-state index is 12.0. The van der Waals surface area contributed by atoms with Gasteiger partial charge in [0.15, 0.2) is 0 Å². The lowest BCUT2D eigenvalue weighted by Crippen LogP contribution is -2.66. The molecule has 18 heavy (non-hydrogen) atoms. The molecule has 1 N–H and O–H groups in total. The number of rotatable bonds is 3. The molecule has 0 aliphatic carbocycles. The molecule has 0 aromatic carbocycles. The fraction of sp³-hybridized carbons (Fsp3) is 0.692. The van der Waals surface area contributed by atoms with Gasteiger partial charge >= 0.3 is 0 Å². The molecule has 0 atom stereocenters. The number of hydrogen-bond donors (Lipinski definition) is 1. The quantitative estimate of drug-likeness (QED) is 0.861. The van der Waals surface area contributed by atoms with E-state index in [0.717, 1.165) is 11.4 Å². The Balaban J connectivity index is 1.93. The second-order valence-electron chi connectivity index (χ2n) is 5.59. The number of aromatic nitrogens is 2. The van der Waals surface area contributed by atoms with Crippen LogP contribution in [-0.4, -0.2) is 44.4 Å². The highest BCUT2D eigenvalue weighted by atomic mass is 16.3. The number of likely N-dealkylation sites (tertiary alicyclic amines) is 1. The van der Waals surface area contributed by atoms with Crippen LogP contribution in [-0.2, 0) is 11.3 Å². The lowest BCUT2D eigenvalue weighted by molar-refractivity contribution is -0.164. The van der Waals surface area contributed by atoms with Crippen molar-refractivity contribution in [1.82, 2.24) is 14.7 Å². The van der Waals surface area contributed by atoms with Crippen LogP contribution in [0.4, 0.5) is 0 Å². The van der Waals surface area contributed by atoms with E-state index in [1.54, 1.807) is 9.58 Å². The molecule has 1 aliphatic heterocycles. The first kappa shape index (κ1) is 13.1. The predicted molar refractivity (Wildman–Crippen MR) is 68.1 cm³/mol. The van der Waals surface area contributed by atoms with Gasteiger partial charge in [-0.1, -0.05) is 13.8 Å². The van der Waals surface area contributed by atoms with Crippen LogP contribution in [0.1, 0.15) is 25.2 Å². The first-order chi connectivity index (χ1) is 8.32. The summed E-state index contributed by atoms with van der Waals surface area (Å²) in [6.45, 7) is 8.92. The van der Waals surface area contributed by atoms with E-state index in [9.17, 15) is 9.90 Å². The van der Waals surface area contributed by atoms with Gasteiger partial charge in [0.2, 0.25) is 5.91 Å². The predicted octanol–water partition coefficient (Wildman–Crippen LogP) is 0.729. The van der Waals surface area contributed by atoms with E-state index in [4.69, 9.17) is 0 Å². The van der Waals surface area contributed by atoms with Crippen molar-refractivity contribution >= 4 is 5.91 Å². The van der Waals surface area contributed by atoms with Gasteiger partial charge in [-0.25, -0.2) is 0 Å². The van der Waals surface area contributed by atoms with Gasteiger partial charge < -0.3 is 10.0 Å². The molecule has 0 unspecified atom stereocenters. The lowest BCUT2D eigenvalue weighted by Gasteiger charge is -2.49. The second kappa shape index (κ2) is 4.39. The van der Waals surface area contributed by atoms with E-state index in [2.05, 4.69) is 5.10 Å². The molecule has 100 valence electrons. The van der Waals surface area contributed by atoms with Crippen LogP contribution in [0.2, 0.25) is 0 Å². The van der Waals surface area contributed by atoms with Gasteiger partial charge in [-0.3, -0.25) is 9.48 Å². The van der Waals surface area contributed by atoms with Crippen molar-refractivity contribution in [2.24, 2.45) is 5.92 Å². The van der Waals surface area contributed by atoms with Crippen molar-refractivity contribution in [2.45, 2.75) is 39.8 Å². The summed E-state index contributed by atoms with van der Waals surface area (Å²) in [5.41, 5.74) is 1.20. The summed E-state index contributed by atoms with van der Waals surface area (Å²) in [6, 6.07) is 1.95. The molecular weight excluding hydrogens is 230 g/mol. The van der Waals surface area contributed by atoms with Crippen molar-refractivity contribution in [3.8, 4) is 0 Å². The molecule has 2 rings (SSSR count). The third-order valence-electron chi connectivity index (χ3n) is 3.75. The Morgan fingerprint density at radius 1 is 1.50 bits per heavy atom. The van der Waals surface area contributed by atoms with Crippen molar-refractivity contribution in [2.75, 3.05) is 13.1 Å². The Morgan fingerprint density at radius 2 is 2.11 bits per heavy atom. The third-order valence-corrected chi connectivity index (χ3v) is 3.75. The topological polar surface area (TPSA) is 58.4 Å². The summed E-state index contributed by atoms with van der Waals surface area (Å²) in [5.74, 6) is 0.196. The summed E-state index contributed by atoms with van der Waals surface area (Å²) >= 11 is 0. The van der Waals surface area contributed by atoms with E-state index in [1.165, 1.54) is 0 Å². The minimum atomic E-state index is -0.704. The van der Waals surface area contributed by atoms with Gasteiger partial charge in [0.1, 0.15) is 12.1 Å². The van der Waals surface area contributed by atoms with E-state index in [1.807, 2.05) is 33.8 Å². The molecule has 1 saturated heterocycles. The monoisotopic (exact) mass is 251 g/mol. The van der Waals surface area contributed by atoms with Crippen LogP contribution in [0.25, 0.3) is 0 Å². The Morgan fingerprint density at radius 3 is 2.56 bits per heavy atom. The zero-order valence-electron chi connectivity index (χ0n) is 11.5. The van der Waals surface area contributed by atoms with Crippen LogP contribution in [0.15, 0.2) is 6.07 Å². The molecule has 1 aromatic heterocycles. The summed E-state index contributed by atoms with van der Waals surface area (Å²) in [5, 5.41) is 14.4. The minimum Gasteiger partial charge on any atom is -0.386 e. The zero-order chi connectivity index (χ0) is 13.5. The molecule has 2 heterocycles. The van der Waals surface area contributed by atoms with Crippen molar-refractivity contribution in [1.29, 1.82) is 0 Å². The average molecular weight is 251 g/mol. The maximum absolute atomic E-state index is 12.0. The van der Waals surface area contributed by atoms with Crippen LogP contribution in [0, 0.1) is 19.8 Å². The number of hydrogen-bond acceptors (Lipinski definition) is 3. The fourth-order valence-electron chi connectivity index (χ4n) is 2.22. The third kappa shape index (κ3) is 2.27. The normalized spacial score (nSPS) is 18.0. The average Bonchev–Trinajstić information content (AvgIpc) is 2.52. The summed E-state index contributed by atoms with van der Waals surface area (Å²) in [7, 11) is 0. The smallest absolute Gasteiger partial charge is 0.244 e. The van der Waals surface area contributed by atoms with Crippen molar-refractivity contribution in [3.63, 3.8) is 0 Å². The summed E-state index contributed by atoms with van der Waals surface area (Å²) < 4.78 is 1.71. The lowest BCUT2D eigenvalue weighted by atomic mass is 9.83. The van der Waals surface area contributed by atoms with E-state index in [-0.39, 0.29) is 18.4 Å². The van der Waals surface area contributed by atoms with Crippen molar-refractivity contribution in [3.05, 3.63) is 17.5 Å². The molecule has 1 amide bonds. The zero-order valence-corrected chi connectivity index (χ0v) is 11.5. The second-order valence-corrected chi connectivity index (χ2v) is 5.59. The standard InChI is InChI=1S/C13H21N3O2/c1-9(2)13(18)7-15(8-13)12(17)6-16-11(4)5-10(3)14-16/h5,9,18H,6-8H2,1-4H3. The molecule has 1 aromatic rings. The highest BCUT2D eigenvalue weighted by Gasteiger charge is 2.45. The van der Waals surface area contributed by atoms with Gasteiger partial charge in [0, 0.05) is 5.69 Å². The van der Waals surface area contributed by atoms with Gasteiger partial charge in [-0.2, -0.15) is 5.10 Å². The maximum Gasteiger partial charge on any atom is 0.244 e. The van der Waals surface area contributed by atoms with Crippen molar-refractivity contribution < 1.29 is 9.90 Å². The molecular formula is C13H21N3O2. The number of aryl methyl sites for hydroxylation is 2. The Kier molecular flexibility index (Phi) is 3.19. The van der Waals surface area contributed by atoms with Gasteiger partial charge in [0.05, 0.1) is 18.8 Å². The van der Waals surface area contributed by atoms with E-state index >= 15 is 0 Å². The molecule has 1 aliphatic rings. The highest BCUT2D eigenvalue weighted by molar-refractivity contribution is 5.77. The SMILES string of the molecule is Cc1cc(C)n(CC(=O)N2CC(O)(C(C)C)C2)n1. The van der Waals surface area contributed by atoms with Crippen LogP contribution in [0.3, 0.4) is 0 Å². The summed E-state index contributed by atoms with van der Waals surface area (Å²) in [6.07, 6.45) is 0. The largest absolute Gasteiger partial charge is 0.386 e. The van der Waals surface area contributed by atoms with E-state index in [0.29, 0.717) is 13.1 Å². The molecule has 0 radical (unpaired) electrons. The molecule has 0 saturated carbocycles. The minimum absolute atomic E-state index is 0.0199. The van der Waals surface area contributed by atoms with Crippen LogP contribution in [0.5, 0.6) is 0 Å². The van der Waals surface area contributed by atoms with Gasteiger partial charge in [0.25, 0.3) is 0 Å². The Hall–Kier alpha value is -1.36. The van der Waals surface area contributed by atoms with Crippen LogP contribution < -0.4 is 0 Å². The Bertz CT molecular complexity index is 459. The Labute approximate surface area is 107 Å². The number of aliphatic hydroxyl groups is 1.